The molecule has 0 aromatic heterocycles. The van der Waals surface area contributed by atoms with E-state index in [-0.39, 0.29) is 24.9 Å². The summed E-state index contributed by atoms with van der Waals surface area (Å²) < 4.78 is 22.9. The molecule has 0 aliphatic heterocycles. The number of carbonyl (C=O) groups excluding carboxylic acids is 1. The second-order valence-corrected chi connectivity index (χ2v) is 7.32. The Morgan fingerprint density at radius 3 is 2.04 bits per heavy atom. The number of nitrogens with one attached hydrogen (secondary N) is 1. The van der Waals surface area contributed by atoms with Crippen LogP contribution in [0.2, 0.25) is 0 Å². The van der Waals surface area contributed by atoms with Crippen LogP contribution in [0.25, 0.3) is 0 Å². The van der Waals surface area contributed by atoms with Gasteiger partial charge in [-0.2, -0.15) is 0 Å². The van der Waals surface area contributed by atoms with E-state index in [4.69, 9.17) is 19.3 Å². The number of hydrogen-bond acceptors (Lipinski definition) is 6. The molecular weight excluding hydrogens is 365 g/mol. The lowest BCUT2D eigenvalue weighted by molar-refractivity contribution is -0.145. The van der Waals surface area contributed by atoms with Crippen molar-refractivity contribution < 1.29 is 38.2 Å². The number of aliphatic carboxylic acids is 2. The fraction of sp³-hybridized carbons (Fsp3) is 0.438. The third-order valence-corrected chi connectivity index (χ3v) is 5.28. The topological polar surface area (TPSA) is 139 Å². The van der Waals surface area contributed by atoms with E-state index in [0.29, 0.717) is 5.56 Å². The molecule has 0 fully saturated rings. The Labute approximate surface area is 150 Å². The quantitative estimate of drug-likeness (QED) is 0.491. The van der Waals surface area contributed by atoms with Crippen LogP contribution in [-0.2, 0) is 29.4 Å². The number of carbonyl (C=O) groups is 3. The minimum atomic E-state index is -3.28. The smallest absolute Gasteiger partial charge is 0.335 e. The fourth-order valence-electron chi connectivity index (χ4n) is 2.12. The molecule has 10 heteroatoms. The molecule has 0 spiro atoms. The van der Waals surface area contributed by atoms with Gasteiger partial charge in [-0.1, -0.05) is 12.1 Å². The standard InChI is InChI=1S/C16H22NO8P/c1-3-24-26(23,25-4-2)10-11-5-7-12(8-6-11)15(20)17-13(16(21)22)9-14(18)19/h5-8,13H,3-4,9-10H2,1-2H3,(H,17,20)(H,18,19)(H,21,22)/t13-/m0/s1. The van der Waals surface area contributed by atoms with Crippen LogP contribution in [0, 0.1) is 0 Å². The maximum atomic E-state index is 12.5. The maximum Gasteiger partial charge on any atom is 0.335 e. The van der Waals surface area contributed by atoms with Crippen LogP contribution in [0.5, 0.6) is 0 Å². The van der Waals surface area contributed by atoms with E-state index in [1.54, 1.807) is 26.0 Å². The Kier molecular flexibility index (Phi) is 8.44. The van der Waals surface area contributed by atoms with Crippen LogP contribution >= 0.6 is 7.60 Å². The van der Waals surface area contributed by atoms with Crippen molar-refractivity contribution in [2.45, 2.75) is 32.5 Å². The Morgan fingerprint density at radius 1 is 1.08 bits per heavy atom. The van der Waals surface area contributed by atoms with Gasteiger partial charge >= 0.3 is 19.5 Å². The second kappa shape index (κ2) is 10.1. The Balaban J connectivity index is 2.82. The van der Waals surface area contributed by atoms with E-state index in [9.17, 15) is 18.9 Å². The molecule has 1 aromatic rings. The minimum absolute atomic E-state index is 0.0351. The van der Waals surface area contributed by atoms with Crippen LogP contribution in [0.15, 0.2) is 24.3 Å². The Hall–Kier alpha value is -2.22. The van der Waals surface area contributed by atoms with Gasteiger partial charge in [-0.15, -0.1) is 0 Å². The molecule has 0 saturated heterocycles. The molecule has 0 aliphatic rings. The SMILES string of the molecule is CCOP(=O)(Cc1ccc(C(=O)N[C@@H](CC(=O)O)C(=O)O)cc1)OCC. The number of hydrogen-bond donors (Lipinski definition) is 3. The van der Waals surface area contributed by atoms with Crippen molar-refractivity contribution in [1.29, 1.82) is 0 Å². The summed E-state index contributed by atoms with van der Waals surface area (Å²) in [4.78, 5) is 33.7. The third-order valence-electron chi connectivity index (χ3n) is 3.23. The molecule has 1 aromatic carbocycles. The highest BCUT2D eigenvalue weighted by Crippen LogP contribution is 2.51. The van der Waals surface area contributed by atoms with Crippen LogP contribution in [0.4, 0.5) is 0 Å². The van der Waals surface area contributed by atoms with Gasteiger partial charge in [0, 0.05) is 5.56 Å². The van der Waals surface area contributed by atoms with Crippen molar-refractivity contribution in [2.24, 2.45) is 0 Å². The molecule has 1 atom stereocenters. The molecule has 0 heterocycles. The van der Waals surface area contributed by atoms with Crippen molar-refractivity contribution in [3.8, 4) is 0 Å². The summed E-state index contributed by atoms with van der Waals surface area (Å²) in [6.45, 7) is 3.88. The average Bonchev–Trinajstić information content (AvgIpc) is 2.54. The van der Waals surface area contributed by atoms with Crippen molar-refractivity contribution in [3.63, 3.8) is 0 Å². The van der Waals surface area contributed by atoms with Gasteiger partial charge in [0.05, 0.1) is 25.8 Å². The summed E-state index contributed by atoms with van der Waals surface area (Å²) >= 11 is 0. The molecule has 144 valence electrons. The molecule has 0 unspecified atom stereocenters. The number of benzene rings is 1. The monoisotopic (exact) mass is 387 g/mol. The molecule has 9 nitrogen and oxygen atoms in total. The molecular formula is C16H22NO8P. The van der Waals surface area contributed by atoms with Gasteiger partial charge in [-0.3, -0.25) is 14.2 Å². The van der Waals surface area contributed by atoms with E-state index < -0.39 is 37.9 Å². The molecule has 1 rings (SSSR count). The Morgan fingerprint density at radius 2 is 1.62 bits per heavy atom. The lowest BCUT2D eigenvalue weighted by Gasteiger charge is -2.17. The number of rotatable bonds is 11. The summed E-state index contributed by atoms with van der Waals surface area (Å²) in [5, 5.41) is 19.8. The first-order valence-electron chi connectivity index (χ1n) is 7.93. The highest BCUT2D eigenvalue weighted by molar-refractivity contribution is 7.53. The molecule has 0 radical (unpaired) electrons. The first-order valence-corrected chi connectivity index (χ1v) is 9.66. The van der Waals surface area contributed by atoms with E-state index >= 15 is 0 Å². The normalized spacial score (nSPS) is 12.4. The van der Waals surface area contributed by atoms with Crippen molar-refractivity contribution in [3.05, 3.63) is 35.4 Å². The largest absolute Gasteiger partial charge is 0.481 e. The predicted octanol–water partition coefficient (Wildman–Crippen LogP) is 2.11. The zero-order valence-corrected chi connectivity index (χ0v) is 15.4. The lowest BCUT2D eigenvalue weighted by Crippen LogP contribution is -2.42. The molecule has 0 bridgehead atoms. The van der Waals surface area contributed by atoms with Crippen LogP contribution in [-0.4, -0.2) is 47.3 Å². The van der Waals surface area contributed by atoms with Crippen molar-refractivity contribution in [1.82, 2.24) is 5.32 Å². The van der Waals surface area contributed by atoms with Gasteiger partial charge in [0.15, 0.2) is 0 Å². The van der Waals surface area contributed by atoms with Gasteiger partial charge in [0.25, 0.3) is 5.91 Å². The highest BCUT2D eigenvalue weighted by atomic mass is 31.2. The lowest BCUT2D eigenvalue weighted by atomic mass is 10.1. The predicted molar refractivity (Wildman–Crippen MR) is 92.1 cm³/mol. The van der Waals surface area contributed by atoms with E-state index in [1.165, 1.54) is 12.1 Å². The van der Waals surface area contributed by atoms with Crippen LogP contribution < -0.4 is 5.32 Å². The van der Waals surface area contributed by atoms with E-state index in [2.05, 4.69) is 5.32 Å². The molecule has 1 amide bonds. The number of carboxylic acids is 2. The molecule has 0 saturated carbocycles. The summed E-state index contributed by atoms with van der Waals surface area (Å²) in [6, 6.07) is 4.41. The van der Waals surface area contributed by atoms with E-state index in [0.717, 1.165) is 0 Å². The molecule has 3 N–H and O–H groups in total. The van der Waals surface area contributed by atoms with Gasteiger partial charge in [-0.05, 0) is 31.5 Å². The molecule has 26 heavy (non-hydrogen) atoms. The third kappa shape index (κ3) is 6.95. The summed E-state index contributed by atoms with van der Waals surface area (Å²) in [6.07, 6.45) is -0.696. The van der Waals surface area contributed by atoms with Gasteiger partial charge in [-0.25, -0.2) is 4.79 Å². The first-order chi connectivity index (χ1) is 12.2. The minimum Gasteiger partial charge on any atom is -0.481 e. The maximum absolute atomic E-state index is 12.5. The first kappa shape index (κ1) is 21.8. The van der Waals surface area contributed by atoms with Crippen molar-refractivity contribution >= 4 is 25.4 Å². The van der Waals surface area contributed by atoms with Gasteiger partial charge in [0.2, 0.25) is 0 Å². The van der Waals surface area contributed by atoms with Gasteiger partial charge < -0.3 is 24.6 Å². The average molecular weight is 387 g/mol. The number of amides is 1. The summed E-state index contributed by atoms with van der Waals surface area (Å²) in [5.74, 6) is -3.50. The fourth-order valence-corrected chi connectivity index (χ4v) is 3.83. The Bertz CT molecular complexity index is 678. The van der Waals surface area contributed by atoms with Crippen LogP contribution in [0.1, 0.15) is 36.2 Å². The molecule has 0 aliphatic carbocycles. The second-order valence-electron chi connectivity index (χ2n) is 5.26. The van der Waals surface area contributed by atoms with Crippen LogP contribution in [0.3, 0.4) is 0 Å². The van der Waals surface area contributed by atoms with Crippen molar-refractivity contribution in [2.75, 3.05) is 13.2 Å². The zero-order valence-electron chi connectivity index (χ0n) is 14.5. The zero-order chi connectivity index (χ0) is 19.7. The summed E-state index contributed by atoms with van der Waals surface area (Å²) in [7, 11) is -3.28. The number of carboxylic acid groups (broad SMARTS) is 2. The summed E-state index contributed by atoms with van der Waals surface area (Å²) in [5.41, 5.74) is 0.764. The van der Waals surface area contributed by atoms with E-state index in [1.807, 2.05) is 0 Å². The highest BCUT2D eigenvalue weighted by Gasteiger charge is 2.25. The van der Waals surface area contributed by atoms with Gasteiger partial charge in [0.1, 0.15) is 6.04 Å².